The van der Waals surface area contributed by atoms with Crippen molar-refractivity contribution in [2.24, 2.45) is 0 Å². The van der Waals surface area contributed by atoms with E-state index in [0.29, 0.717) is 19.4 Å². The average Bonchev–Trinajstić information content (AvgIpc) is 2.71. The number of rotatable bonds is 7. The van der Waals surface area contributed by atoms with Crippen LogP contribution in [0.4, 0.5) is 0 Å². The fraction of sp³-hybridized carbons (Fsp3) is 0.650. The number of nitriles is 1. The van der Waals surface area contributed by atoms with Crippen molar-refractivity contribution in [2.75, 3.05) is 13.2 Å². The highest BCUT2D eigenvalue weighted by Crippen LogP contribution is 2.27. The van der Waals surface area contributed by atoms with Crippen LogP contribution >= 0.6 is 0 Å². The second-order valence-corrected chi connectivity index (χ2v) is 7.00. The molecule has 3 rings (SSSR count). The van der Waals surface area contributed by atoms with Gasteiger partial charge in [-0.1, -0.05) is 30.3 Å². The first-order chi connectivity index (χ1) is 13.2. The van der Waals surface area contributed by atoms with Gasteiger partial charge >= 0.3 is 0 Å². The van der Waals surface area contributed by atoms with Gasteiger partial charge in [-0.15, -0.1) is 0 Å². The number of hydrogen-bond donors (Lipinski definition) is 2. The fourth-order valence-electron chi connectivity index (χ4n) is 3.44. The third-order valence-corrected chi connectivity index (χ3v) is 4.83. The third-order valence-electron chi connectivity index (χ3n) is 4.83. The van der Waals surface area contributed by atoms with Crippen LogP contribution in [0.3, 0.4) is 0 Å². The Morgan fingerprint density at radius 1 is 1.11 bits per heavy atom. The topological polar surface area (TPSA) is 101 Å². The maximum Gasteiger partial charge on any atom is 0.172 e. The van der Waals surface area contributed by atoms with Gasteiger partial charge in [0.15, 0.2) is 18.7 Å². The Bertz CT molecular complexity index is 606. The van der Waals surface area contributed by atoms with Gasteiger partial charge in [-0.2, -0.15) is 5.26 Å². The lowest BCUT2D eigenvalue weighted by molar-refractivity contribution is -0.255. The van der Waals surface area contributed by atoms with Crippen LogP contribution in [0.1, 0.15) is 43.8 Å². The van der Waals surface area contributed by atoms with Gasteiger partial charge in [-0.25, -0.2) is 0 Å². The highest BCUT2D eigenvalue weighted by atomic mass is 16.7. The largest absolute Gasteiger partial charge is 0.394 e. The van der Waals surface area contributed by atoms with E-state index in [9.17, 15) is 15.5 Å². The van der Waals surface area contributed by atoms with Crippen LogP contribution in [-0.4, -0.2) is 54.3 Å². The minimum Gasteiger partial charge on any atom is -0.394 e. The Kier molecular flexibility index (Phi) is 7.59. The summed E-state index contributed by atoms with van der Waals surface area (Å²) >= 11 is 0. The Balaban J connectivity index is 1.47. The quantitative estimate of drug-likeness (QED) is 0.750. The molecule has 2 saturated heterocycles. The van der Waals surface area contributed by atoms with Crippen LogP contribution in [0.25, 0.3) is 0 Å². The average molecular weight is 377 g/mol. The summed E-state index contributed by atoms with van der Waals surface area (Å²) in [7, 11) is 0. The predicted octanol–water partition coefficient (Wildman–Crippen LogP) is 2.04. The summed E-state index contributed by atoms with van der Waals surface area (Å²) in [6.07, 6.45) is 0.511. The summed E-state index contributed by atoms with van der Waals surface area (Å²) < 4.78 is 23.2. The van der Waals surface area contributed by atoms with E-state index in [1.54, 1.807) is 0 Å². The molecule has 2 heterocycles. The van der Waals surface area contributed by atoms with E-state index in [1.807, 2.05) is 30.3 Å². The predicted molar refractivity (Wildman–Crippen MR) is 95.3 cm³/mol. The molecule has 0 bridgehead atoms. The van der Waals surface area contributed by atoms with E-state index in [2.05, 4.69) is 6.07 Å². The molecule has 1 aromatic carbocycles. The van der Waals surface area contributed by atoms with E-state index >= 15 is 0 Å². The van der Waals surface area contributed by atoms with Gasteiger partial charge in [0.2, 0.25) is 0 Å². The Labute approximate surface area is 159 Å². The molecule has 6 unspecified atom stereocenters. The summed E-state index contributed by atoms with van der Waals surface area (Å²) in [5.74, 6) is 0. The molecule has 2 N–H and O–H groups in total. The minimum atomic E-state index is -0.669. The normalized spacial score (nSPS) is 32.6. The molecule has 148 valence electrons. The zero-order valence-corrected chi connectivity index (χ0v) is 15.3. The number of hydrogen-bond acceptors (Lipinski definition) is 7. The zero-order valence-electron chi connectivity index (χ0n) is 15.3. The molecule has 0 aliphatic carbocycles. The van der Waals surface area contributed by atoms with Crippen LogP contribution in [0.2, 0.25) is 0 Å². The minimum absolute atomic E-state index is 0.137. The maximum atomic E-state index is 9.84. The van der Waals surface area contributed by atoms with Gasteiger partial charge < -0.3 is 29.2 Å². The van der Waals surface area contributed by atoms with Crippen molar-refractivity contribution >= 4 is 0 Å². The standard InChI is InChI=1S/C20H27NO6/c21-11-18(14-5-2-1-3-6-14)27-19-8-4-7-16(25-19)13-24-20-10-15(23)9-17(12-22)26-20/h1-3,5-6,15-20,22-23H,4,7-10,12-13H2. The van der Waals surface area contributed by atoms with Gasteiger partial charge in [0.1, 0.15) is 0 Å². The van der Waals surface area contributed by atoms with Gasteiger partial charge in [-0.05, 0) is 24.8 Å². The van der Waals surface area contributed by atoms with Crippen LogP contribution in [-0.2, 0) is 18.9 Å². The van der Waals surface area contributed by atoms with E-state index in [0.717, 1.165) is 24.8 Å². The van der Waals surface area contributed by atoms with Gasteiger partial charge in [0, 0.05) is 12.8 Å². The molecular weight excluding hydrogens is 350 g/mol. The molecule has 2 fully saturated rings. The van der Waals surface area contributed by atoms with Gasteiger partial charge in [-0.3, -0.25) is 0 Å². The summed E-state index contributed by atoms with van der Waals surface area (Å²) in [5, 5.41) is 28.5. The van der Waals surface area contributed by atoms with Crippen molar-refractivity contribution in [3.63, 3.8) is 0 Å². The van der Waals surface area contributed by atoms with Crippen LogP contribution in [0.5, 0.6) is 0 Å². The number of aliphatic hydroxyl groups excluding tert-OH is 2. The summed E-state index contributed by atoms with van der Waals surface area (Å²) in [6.45, 7) is 0.180. The molecule has 2 aliphatic heterocycles. The lowest BCUT2D eigenvalue weighted by atomic mass is 10.1. The molecule has 0 radical (unpaired) electrons. The summed E-state index contributed by atoms with van der Waals surface area (Å²) in [6, 6.07) is 11.5. The Morgan fingerprint density at radius 2 is 1.89 bits per heavy atom. The molecule has 0 spiro atoms. The van der Waals surface area contributed by atoms with E-state index in [4.69, 9.17) is 18.9 Å². The molecule has 2 aliphatic rings. The molecule has 1 aromatic rings. The highest BCUT2D eigenvalue weighted by Gasteiger charge is 2.31. The van der Waals surface area contributed by atoms with Gasteiger partial charge in [0.05, 0.1) is 37.6 Å². The van der Waals surface area contributed by atoms with Crippen LogP contribution in [0, 0.1) is 11.3 Å². The zero-order chi connectivity index (χ0) is 19.1. The Morgan fingerprint density at radius 3 is 2.63 bits per heavy atom. The third kappa shape index (κ3) is 5.98. The van der Waals surface area contributed by atoms with Crippen molar-refractivity contribution in [3.05, 3.63) is 35.9 Å². The first-order valence-electron chi connectivity index (χ1n) is 9.49. The van der Waals surface area contributed by atoms with Crippen molar-refractivity contribution < 1.29 is 29.2 Å². The van der Waals surface area contributed by atoms with Crippen molar-refractivity contribution in [1.82, 2.24) is 0 Å². The molecule has 0 amide bonds. The molecule has 6 atom stereocenters. The van der Waals surface area contributed by atoms with Gasteiger partial charge in [0.25, 0.3) is 0 Å². The first kappa shape index (κ1) is 20.2. The number of ether oxygens (including phenoxy) is 4. The molecule has 7 nitrogen and oxygen atoms in total. The summed E-state index contributed by atoms with van der Waals surface area (Å²) in [4.78, 5) is 0. The number of aliphatic hydroxyl groups is 2. The van der Waals surface area contributed by atoms with Crippen molar-refractivity contribution in [1.29, 1.82) is 5.26 Å². The molecule has 0 aromatic heterocycles. The van der Waals surface area contributed by atoms with Crippen molar-refractivity contribution in [3.8, 4) is 6.07 Å². The Hall–Kier alpha value is -1.53. The lowest BCUT2D eigenvalue weighted by Crippen LogP contribution is -2.41. The molecule has 7 heteroatoms. The van der Waals surface area contributed by atoms with Crippen LogP contribution < -0.4 is 0 Å². The number of benzene rings is 1. The lowest BCUT2D eigenvalue weighted by Gasteiger charge is -2.35. The van der Waals surface area contributed by atoms with E-state index in [-0.39, 0.29) is 12.7 Å². The van der Waals surface area contributed by atoms with E-state index < -0.39 is 30.9 Å². The molecule has 0 saturated carbocycles. The monoisotopic (exact) mass is 377 g/mol. The highest BCUT2D eigenvalue weighted by molar-refractivity contribution is 5.22. The smallest absolute Gasteiger partial charge is 0.172 e. The maximum absolute atomic E-state index is 9.84. The SMILES string of the molecule is N#CC(OC1CCCC(COC2CC(O)CC(CO)O2)O1)c1ccccc1. The first-order valence-corrected chi connectivity index (χ1v) is 9.49. The molecule has 27 heavy (non-hydrogen) atoms. The molecular formula is C20H27NO6. The van der Waals surface area contributed by atoms with Crippen LogP contribution in [0.15, 0.2) is 30.3 Å². The second kappa shape index (κ2) is 10.1. The second-order valence-electron chi connectivity index (χ2n) is 7.00. The fourth-order valence-corrected chi connectivity index (χ4v) is 3.44. The number of nitrogens with zero attached hydrogens (tertiary/aromatic N) is 1. The summed E-state index contributed by atoms with van der Waals surface area (Å²) in [5.41, 5.74) is 0.807. The van der Waals surface area contributed by atoms with E-state index in [1.165, 1.54) is 0 Å². The van der Waals surface area contributed by atoms with Crippen molar-refractivity contribution in [2.45, 2.75) is 69.1 Å².